The van der Waals surface area contributed by atoms with Gasteiger partial charge in [-0.25, -0.2) is 8.42 Å². The summed E-state index contributed by atoms with van der Waals surface area (Å²) in [7, 11) is -1.79. The normalized spacial score (nSPS) is 15.4. The van der Waals surface area contributed by atoms with Gasteiger partial charge in [-0.15, -0.1) is 0 Å². The molecule has 4 rings (SSSR count). The lowest BCUT2D eigenvalue weighted by Gasteiger charge is -2.34. The molecule has 0 atom stereocenters. The second-order valence-electron chi connectivity index (χ2n) is 7.75. The van der Waals surface area contributed by atoms with Gasteiger partial charge in [0, 0.05) is 32.7 Å². The second kappa shape index (κ2) is 10.2. The monoisotopic (exact) mass is 452 g/mol. The lowest BCUT2D eigenvalue weighted by Crippen LogP contribution is -2.48. The molecule has 0 amide bonds. The quantitative estimate of drug-likeness (QED) is 0.521. The van der Waals surface area contributed by atoms with Crippen LogP contribution >= 0.6 is 0 Å². The van der Waals surface area contributed by atoms with Crippen molar-refractivity contribution in [1.29, 1.82) is 0 Å². The molecule has 1 heterocycles. The molecule has 0 N–H and O–H groups in total. The van der Waals surface area contributed by atoms with Crippen molar-refractivity contribution in [2.75, 3.05) is 33.3 Å². The first kappa shape index (κ1) is 22.3. The number of sulfonamides is 1. The molecule has 1 saturated heterocycles. The SMILES string of the molecule is COc1cc(CN2CCN(S(=O)(=O)c3ccccc3)CC2)ccc1OCc1ccccc1. The van der Waals surface area contributed by atoms with Crippen LogP contribution in [0.15, 0.2) is 83.8 Å². The minimum atomic E-state index is -3.43. The molecule has 0 bridgehead atoms. The topological polar surface area (TPSA) is 59.1 Å². The van der Waals surface area contributed by atoms with E-state index in [4.69, 9.17) is 9.47 Å². The van der Waals surface area contributed by atoms with Crippen LogP contribution in [-0.4, -0.2) is 50.9 Å². The van der Waals surface area contributed by atoms with Gasteiger partial charge in [0.05, 0.1) is 12.0 Å². The molecule has 3 aromatic rings. The summed E-state index contributed by atoms with van der Waals surface area (Å²) < 4.78 is 38.7. The van der Waals surface area contributed by atoms with Crippen molar-refractivity contribution in [3.8, 4) is 11.5 Å². The second-order valence-corrected chi connectivity index (χ2v) is 9.69. The summed E-state index contributed by atoms with van der Waals surface area (Å²) in [5.74, 6) is 1.41. The van der Waals surface area contributed by atoms with Gasteiger partial charge in [-0.1, -0.05) is 54.6 Å². The molecular weight excluding hydrogens is 424 g/mol. The van der Waals surface area contributed by atoms with E-state index < -0.39 is 10.0 Å². The zero-order valence-electron chi connectivity index (χ0n) is 18.2. The number of rotatable bonds is 8. The number of hydrogen-bond donors (Lipinski definition) is 0. The van der Waals surface area contributed by atoms with E-state index in [1.807, 2.05) is 54.6 Å². The zero-order chi connectivity index (χ0) is 22.4. The Morgan fingerprint density at radius 1 is 0.781 bits per heavy atom. The maximum absolute atomic E-state index is 12.8. The van der Waals surface area contributed by atoms with Crippen LogP contribution in [0.5, 0.6) is 11.5 Å². The Morgan fingerprint density at radius 2 is 1.44 bits per heavy atom. The van der Waals surface area contributed by atoms with Gasteiger partial charge in [-0.3, -0.25) is 4.90 Å². The Morgan fingerprint density at radius 3 is 2.09 bits per heavy atom. The molecule has 0 saturated carbocycles. The standard InChI is InChI=1S/C25H28N2O4S/c1-30-25-18-22(12-13-24(25)31-20-21-8-4-2-5-9-21)19-26-14-16-27(17-15-26)32(28,29)23-10-6-3-7-11-23/h2-13,18H,14-17,19-20H2,1H3. The molecule has 0 aliphatic carbocycles. The highest BCUT2D eigenvalue weighted by Crippen LogP contribution is 2.29. The number of ether oxygens (including phenoxy) is 2. The number of methoxy groups -OCH3 is 1. The summed E-state index contributed by atoms with van der Waals surface area (Å²) in [5, 5.41) is 0. The van der Waals surface area contributed by atoms with E-state index in [2.05, 4.69) is 4.90 Å². The Kier molecular flexibility index (Phi) is 7.09. The van der Waals surface area contributed by atoms with E-state index in [1.54, 1.807) is 35.7 Å². The first-order valence-electron chi connectivity index (χ1n) is 10.7. The molecule has 0 unspecified atom stereocenters. The maximum Gasteiger partial charge on any atom is 0.243 e. The Labute approximate surface area is 190 Å². The summed E-state index contributed by atoms with van der Waals surface area (Å²) in [4.78, 5) is 2.61. The molecular formula is C25H28N2O4S. The van der Waals surface area contributed by atoms with Gasteiger partial charge in [-0.05, 0) is 35.4 Å². The Balaban J connectivity index is 1.35. The van der Waals surface area contributed by atoms with Crippen molar-refractivity contribution < 1.29 is 17.9 Å². The average Bonchev–Trinajstić information content (AvgIpc) is 2.84. The van der Waals surface area contributed by atoms with E-state index in [1.165, 1.54) is 0 Å². The van der Waals surface area contributed by atoms with E-state index >= 15 is 0 Å². The van der Waals surface area contributed by atoms with E-state index in [0.29, 0.717) is 49.2 Å². The summed E-state index contributed by atoms with van der Waals surface area (Å²) >= 11 is 0. The molecule has 0 aromatic heterocycles. The Hall–Kier alpha value is -2.87. The Bertz CT molecular complexity index is 1110. The third-order valence-electron chi connectivity index (χ3n) is 5.58. The first-order valence-corrected chi connectivity index (χ1v) is 12.1. The van der Waals surface area contributed by atoms with Crippen LogP contribution in [0.1, 0.15) is 11.1 Å². The van der Waals surface area contributed by atoms with Crippen LogP contribution in [0.4, 0.5) is 0 Å². The summed E-state index contributed by atoms with van der Waals surface area (Å²) in [5.41, 5.74) is 2.20. The van der Waals surface area contributed by atoms with Crippen molar-refractivity contribution in [3.05, 3.63) is 90.0 Å². The minimum Gasteiger partial charge on any atom is -0.493 e. The summed E-state index contributed by atoms with van der Waals surface area (Å²) in [6.45, 7) is 3.53. The molecule has 6 nitrogen and oxygen atoms in total. The summed E-state index contributed by atoms with van der Waals surface area (Å²) in [6, 6.07) is 24.6. The third kappa shape index (κ3) is 5.30. The highest BCUT2D eigenvalue weighted by atomic mass is 32.2. The third-order valence-corrected chi connectivity index (χ3v) is 7.50. The van der Waals surface area contributed by atoms with Gasteiger partial charge in [0.15, 0.2) is 11.5 Å². The molecule has 7 heteroatoms. The van der Waals surface area contributed by atoms with Crippen LogP contribution < -0.4 is 9.47 Å². The van der Waals surface area contributed by atoms with Crippen LogP contribution in [0.3, 0.4) is 0 Å². The lowest BCUT2D eigenvalue weighted by atomic mass is 10.1. The average molecular weight is 453 g/mol. The fourth-order valence-corrected chi connectivity index (χ4v) is 5.24. The van der Waals surface area contributed by atoms with Gasteiger partial charge in [-0.2, -0.15) is 4.31 Å². The van der Waals surface area contributed by atoms with Crippen molar-refractivity contribution in [2.45, 2.75) is 18.0 Å². The van der Waals surface area contributed by atoms with Crippen LogP contribution in [0.2, 0.25) is 0 Å². The maximum atomic E-state index is 12.8. The fourth-order valence-electron chi connectivity index (χ4n) is 3.79. The predicted molar refractivity (Wildman–Crippen MR) is 124 cm³/mol. The fraction of sp³-hybridized carbons (Fsp3) is 0.280. The molecule has 32 heavy (non-hydrogen) atoms. The van der Waals surface area contributed by atoms with Crippen LogP contribution in [0, 0.1) is 0 Å². The van der Waals surface area contributed by atoms with Gasteiger partial charge in [0.25, 0.3) is 0 Å². The first-order chi connectivity index (χ1) is 15.6. The molecule has 1 aliphatic rings. The van der Waals surface area contributed by atoms with E-state index in [9.17, 15) is 8.42 Å². The molecule has 0 radical (unpaired) electrons. The predicted octanol–water partition coefficient (Wildman–Crippen LogP) is 3.78. The molecule has 1 fully saturated rings. The highest BCUT2D eigenvalue weighted by molar-refractivity contribution is 7.89. The minimum absolute atomic E-state index is 0.351. The van der Waals surface area contributed by atoms with Gasteiger partial charge in [0.1, 0.15) is 6.61 Å². The highest BCUT2D eigenvalue weighted by Gasteiger charge is 2.28. The van der Waals surface area contributed by atoms with Crippen molar-refractivity contribution in [1.82, 2.24) is 9.21 Å². The van der Waals surface area contributed by atoms with E-state index in [0.717, 1.165) is 17.7 Å². The van der Waals surface area contributed by atoms with Gasteiger partial charge >= 0.3 is 0 Å². The van der Waals surface area contributed by atoms with Crippen molar-refractivity contribution >= 4 is 10.0 Å². The van der Waals surface area contributed by atoms with Crippen LogP contribution in [0.25, 0.3) is 0 Å². The summed E-state index contributed by atoms with van der Waals surface area (Å²) in [6.07, 6.45) is 0. The van der Waals surface area contributed by atoms with Gasteiger partial charge < -0.3 is 9.47 Å². The van der Waals surface area contributed by atoms with Crippen molar-refractivity contribution in [3.63, 3.8) is 0 Å². The smallest absolute Gasteiger partial charge is 0.243 e. The molecule has 0 spiro atoms. The number of nitrogens with zero attached hydrogens (tertiary/aromatic N) is 2. The molecule has 3 aromatic carbocycles. The molecule has 168 valence electrons. The number of benzene rings is 3. The zero-order valence-corrected chi connectivity index (χ0v) is 19.0. The van der Waals surface area contributed by atoms with Gasteiger partial charge in [0.2, 0.25) is 10.0 Å². The largest absolute Gasteiger partial charge is 0.493 e. The number of piperazine rings is 1. The lowest BCUT2D eigenvalue weighted by molar-refractivity contribution is 0.181. The van der Waals surface area contributed by atoms with E-state index in [-0.39, 0.29) is 0 Å². The van der Waals surface area contributed by atoms with Crippen molar-refractivity contribution in [2.24, 2.45) is 0 Å². The van der Waals surface area contributed by atoms with Crippen LogP contribution in [-0.2, 0) is 23.2 Å². The number of hydrogen-bond acceptors (Lipinski definition) is 5. The molecule has 1 aliphatic heterocycles.